The van der Waals surface area contributed by atoms with E-state index in [-0.39, 0.29) is 0 Å². The lowest BCUT2D eigenvalue weighted by molar-refractivity contribution is 0.588. The van der Waals surface area contributed by atoms with Crippen molar-refractivity contribution in [1.29, 1.82) is 0 Å². The first kappa shape index (κ1) is 15.1. The zero-order chi connectivity index (χ0) is 14.5. The molecule has 0 bridgehead atoms. The van der Waals surface area contributed by atoms with Crippen LogP contribution in [0.1, 0.15) is 42.5 Å². The van der Waals surface area contributed by atoms with Crippen LogP contribution in [0.25, 0.3) is 0 Å². The van der Waals surface area contributed by atoms with Crippen molar-refractivity contribution >= 4 is 15.9 Å². The third-order valence-corrected chi connectivity index (χ3v) is 3.79. The van der Waals surface area contributed by atoms with Gasteiger partial charge in [-0.3, -0.25) is 0 Å². The SMILES string of the molecule is CCNC(C)c1cnc(Cc2cccc(Br)c2)nc1C. The summed E-state index contributed by atoms with van der Waals surface area (Å²) in [7, 11) is 0. The van der Waals surface area contributed by atoms with Crippen LogP contribution >= 0.6 is 15.9 Å². The van der Waals surface area contributed by atoms with Crippen LogP contribution in [0.4, 0.5) is 0 Å². The summed E-state index contributed by atoms with van der Waals surface area (Å²) in [5.41, 5.74) is 3.44. The molecule has 3 nitrogen and oxygen atoms in total. The zero-order valence-corrected chi connectivity index (χ0v) is 13.7. The second-order valence-corrected chi connectivity index (χ2v) is 5.83. The molecule has 1 atom stereocenters. The Kier molecular flexibility index (Phi) is 5.26. The van der Waals surface area contributed by atoms with Crippen molar-refractivity contribution in [3.05, 3.63) is 57.6 Å². The van der Waals surface area contributed by atoms with Gasteiger partial charge in [-0.1, -0.05) is 35.0 Å². The number of benzene rings is 1. The topological polar surface area (TPSA) is 37.8 Å². The summed E-state index contributed by atoms with van der Waals surface area (Å²) >= 11 is 3.49. The van der Waals surface area contributed by atoms with Gasteiger partial charge in [0.1, 0.15) is 5.82 Å². The van der Waals surface area contributed by atoms with Crippen LogP contribution in [0.2, 0.25) is 0 Å². The van der Waals surface area contributed by atoms with Gasteiger partial charge >= 0.3 is 0 Å². The minimum atomic E-state index is 0.292. The third kappa shape index (κ3) is 3.87. The highest BCUT2D eigenvalue weighted by Crippen LogP contribution is 2.17. The Balaban J connectivity index is 2.17. The summed E-state index contributed by atoms with van der Waals surface area (Å²) in [5.74, 6) is 0.869. The molecule has 0 amide bonds. The van der Waals surface area contributed by atoms with Gasteiger partial charge in [-0.05, 0) is 38.1 Å². The second kappa shape index (κ2) is 6.95. The van der Waals surface area contributed by atoms with Gasteiger partial charge in [0.15, 0.2) is 0 Å². The monoisotopic (exact) mass is 333 g/mol. The Hall–Kier alpha value is -1.26. The number of nitrogens with zero attached hydrogens (tertiary/aromatic N) is 2. The van der Waals surface area contributed by atoms with Gasteiger partial charge < -0.3 is 5.32 Å². The molecule has 20 heavy (non-hydrogen) atoms. The molecule has 0 aliphatic carbocycles. The smallest absolute Gasteiger partial charge is 0.132 e. The molecule has 4 heteroatoms. The quantitative estimate of drug-likeness (QED) is 0.904. The first-order chi connectivity index (χ1) is 9.60. The molecule has 0 spiro atoms. The molecule has 1 aromatic heterocycles. The lowest BCUT2D eigenvalue weighted by atomic mass is 10.1. The molecular weight excluding hydrogens is 314 g/mol. The molecule has 0 fully saturated rings. The number of aromatic nitrogens is 2. The van der Waals surface area contributed by atoms with Crippen LogP contribution in [0.15, 0.2) is 34.9 Å². The van der Waals surface area contributed by atoms with Gasteiger partial charge in [-0.25, -0.2) is 9.97 Å². The molecule has 1 heterocycles. The minimum Gasteiger partial charge on any atom is -0.310 e. The van der Waals surface area contributed by atoms with E-state index in [0.29, 0.717) is 6.04 Å². The van der Waals surface area contributed by atoms with Gasteiger partial charge in [0, 0.05) is 34.4 Å². The number of halogens is 1. The van der Waals surface area contributed by atoms with E-state index in [9.17, 15) is 0 Å². The molecule has 2 rings (SSSR count). The molecular formula is C16H20BrN3. The number of hydrogen-bond acceptors (Lipinski definition) is 3. The fourth-order valence-corrected chi connectivity index (χ4v) is 2.73. The summed E-state index contributed by atoms with van der Waals surface area (Å²) in [6.07, 6.45) is 2.71. The maximum atomic E-state index is 4.63. The first-order valence-electron chi connectivity index (χ1n) is 6.90. The fourth-order valence-electron chi connectivity index (χ4n) is 2.28. The van der Waals surface area contributed by atoms with Crippen molar-refractivity contribution < 1.29 is 0 Å². The molecule has 106 valence electrons. The lowest BCUT2D eigenvalue weighted by Crippen LogP contribution is -2.19. The molecule has 0 aliphatic heterocycles. The maximum Gasteiger partial charge on any atom is 0.132 e. The van der Waals surface area contributed by atoms with Gasteiger partial charge in [0.25, 0.3) is 0 Å². The van der Waals surface area contributed by atoms with E-state index in [2.05, 4.69) is 64.1 Å². The predicted octanol–water partition coefficient (Wildman–Crippen LogP) is 3.81. The van der Waals surface area contributed by atoms with Crippen molar-refractivity contribution in [3.63, 3.8) is 0 Å². The first-order valence-corrected chi connectivity index (χ1v) is 7.69. The van der Waals surface area contributed by atoms with Crippen molar-refractivity contribution in [2.45, 2.75) is 33.2 Å². The van der Waals surface area contributed by atoms with Crippen molar-refractivity contribution in [2.75, 3.05) is 6.54 Å². The predicted molar refractivity (Wildman–Crippen MR) is 85.8 cm³/mol. The minimum absolute atomic E-state index is 0.292. The number of nitrogens with one attached hydrogen (secondary N) is 1. The standard InChI is InChI=1S/C16H20BrN3/c1-4-18-11(2)15-10-19-16(20-12(15)3)9-13-6-5-7-14(17)8-13/h5-8,10-11,18H,4,9H2,1-3H3. The van der Waals surface area contributed by atoms with Crippen LogP contribution in [-0.4, -0.2) is 16.5 Å². The normalized spacial score (nSPS) is 12.4. The highest BCUT2D eigenvalue weighted by Gasteiger charge is 2.10. The molecule has 1 unspecified atom stereocenters. The highest BCUT2D eigenvalue weighted by atomic mass is 79.9. The van der Waals surface area contributed by atoms with Gasteiger partial charge in [0.2, 0.25) is 0 Å². The summed E-state index contributed by atoms with van der Waals surface area (Å²) in [5, 5.41) is 3.39. The second-order valence-electron chi connectivity index (χ2n) is 4.91. The molecule has 0 aliphatic rings. The Labute approximate surface area is 129 Å². The van der Waals surface area contributed by atoms with Crippen LogP contribution in [0.5, 0.6) is 0 Å². The average Bonchev–Trinajstić information content (AvgIpc) is 2.39. The Morgan fingerprint density at radius 1 is 1.35 bits per heavy atom. The summed E-state index contributed by atoms with van der Waals surface area (Å²) in [6, 6.07) is 8.55. The molecule has 0 saturated heterocycles. The highest BCUT2D eigenvalue weighted by molar-refractivity contribution is 9.10. The van der Waals surface area contributed by atoms with Crippen LogP contribution < -0.4 is 5.32 Å². The zero-order valence-electron chi connectivity index (χ0n) is 12.2. The fraction of sp³-hybridized carbons (Fsp3) is 0.375. The molecule has 0 radical (unpaired) electrons. The van der Waals surface area contributed by atoms with E-state index in [1.54, 1.807) is 0 Å². The van der Waals surface area contributed by atoms with Crippen molar-refractivity contribution in [1.82, 2.24) is 15.3 Å². The van der Waals surface area contributed by atoms with Crippen LogP contribution in [-0.2, 0) is 6.42 Å². The van der Waals surface area contributed by atoms with Crippen molar-refractivity contribution in [2.24, 2.45) is 0 Å². The van der Waals surface area contributed by atoms with E-state index in [0.717, 1.165) is 29.0 Å². The van der Waals surface area contributed by atoms with E-state index >= 15 is 0 Å². The molecule has 2 aromatic rings. The molecule has 0 saturated carbocycles. The van der Waals surface area contributed by atoms with Gasteiger partial charge in [0.05, 0.1) is 0 Å². The van der Waals surface area contributed by atoms with E-state index in [4.69, 9.17) is 0 Å². The summed E-state index contributed by atoms with van der Waals surface area (Å²) < 4.78 is 1.09. The summed E-state index contributed by atoms with van der Waals surface area (Å²) in [4.78, 5) is 9.14. The summed E-state index contributed by atoms with van der Waals surface area (Å²) in [6.45, 7) is 7.24. The Bertz CT molecular complexity index is 584. The Morgan fingerprint density at radius 2 is 2.15 bits per heavy atom. The van der Waals surface area contributed by atoms with Gasteiger partial charge in [-0.15, -0.1) is 0 Å². The Morgan fingerprint density at radius 3 is 2.80 bits per heavy atom. The van der Waals surface area contributed by atoms with E-state index in [1.807, 2.05) is 18.3 Å². The average molecular weight is 334 g/mol. The maximum absolute atomic E-state index is 4.63. The largest absolute Gasteiger partial charge is 0.310 e. The number of hydrogen-bond donors (Lipinski definition) is 1. The third-order valence-electron chi connectivity index (χ3n) is 3.30. The molecule has 1 N–H and O–H groups in total. The van der Waals surface area contributed by atoms with Crippen molar-refractivity contribution in [3.8, 4) is 0 Å². The number of rotatable bonds is 5. The lowest BCUT2D eigenvalue weighted by Gasteiger charge is -2.15. The molecule has 1 aromatic carbocycles. The number of aryl methyl sites for hydroxylation is 1. The van der Waals surface area contributed by atoms with E-state index < -0.39 is 0 Å². The van der Waals surface area contributed by atoms with E-state index in [1.165, 1.54) is 11.1 Å². The van der Waals surface area contributed by atoms with Crippen LogP contribution in [0, 0.1) is 6.92 Å². The van der Waals surface area contributed by atoms with Gasteiger partial charge in [-0.2, -0.15) is 0 Å². The van der Waals surface area contributed by atoms with Crippen LogP contribution in [0.3, 0.4) is 0 Å².